The predicted molar refractivity (Wildman–Crippen MR) is 91.8 cm³/mol. The van der Waals surface area contributed by atoms with Crippen molar-refractivity contribution in [3.05, 3.63) is 27.7 Å². The van der Waals surface area contributed by atoms with Gasteiger partial charge < -0.3 is 20.1 Å². The van der Waals surface area contributed by atoms with Gasteiger partial charge in [0.15, 0.2) is 0 Å². The molecule has 1 aromatic carbocycles. The summed E-state index contributed by atoms with van der Waals surface area (Å²) in [5, 5.41) is 6.10. The summed E-state index contributed by atoms with van der Waals surface area (Å²) in [5.74, 6) is 0.644. The lowest BCUT2D eigenvalue weighted by Gasteiger charge is -2.10. The van der Waals surface area contributed by atoms with Gasteiger partial charge in [0.25, 0.3) is 0 Å². The van der Waals surface area contributed by atoms with Gasteiger partial charge in [0.05, 0.1) is 11.6 Å². The molecule has 0 atom stereocenters. The smallest absolute Gasteiger partial charge is 0.314 e. The van der Waals surface area contributed by atoms with Gasteiger partial charge in [-0.1, -0.05) is 27.5 Å². The van der Waals surface area contributed by atoms with Crippen LogP contribution < -0.4 is 15.4 Å². The lowest BCUT2D eigenvalue weighted by Crippen LogP contribution is -2.37. The summed E-state index contributed by atoms with van der Waals surface area (Å²) < 4.78 is 11.7. The van der Waals surface area contributed by atoms with Crippen LogP contribution in [0.15, 0.2) is 22.7 Å². The van der Waals surface area contributed by atoms with Gasteiger partial charge in [-0.05, 0) is 38.0 Å². The largest absolute Gasteiger partial charge is 0.492 e. The quantitative estimate of drug-likeness (QED) is 0.597. The molecule has 124 valence electrons. The van der Waals surface area contributed by atoms with Crippen molar-refractivity contribution in [2.24, 2.45) is 0 Å². The molecule has 1 aromatic rings. The summed E-state index contributed by atoms with van der Waals surface area (Å²) in [6, 6.07) is 5.29. The molecule has 0 radical (unpaired) electrons. The monoisotopic (exact) mass is 392 g/mol. The van der Waals surface area contributed by atoms with Gasteiger partial charge in [0.1, 0.15) is 5.75 Å². The fourth-order valence-corrected chi connectivity index (χ4v) is 2.36. The summed E-state index contributed by atoms with van der Waals surface area (Å²) in [6.07, 6.45) is 1.52. The average molecular weight is 394 g/mol. The standard InChI is InChI=1S/C15H22BrClN2O3/c1-2-21-9-3-7-18-15(20)19-8-4-10-22-14-6-5-12(16)11-13(14)17/h5-6,11H,2-4,7-10H2,1H3,(H2,18,19,20). The average Bonchev–Trinajstić information content (AvgIpc) is 2.48. The van der Waals surface area contributed by atoms with Gasteiger partial charge in [-0.3, -0.25) is 0 Å². The number of carbonyl (C=O) groups is 1. The number of hydrogen-bond acceptors (Lipinski definition) is 3. The zero-order chi connectivity index (χ0) is 16.2. The van der Waals surface area contributed by atoms with E-state index in [1.807, 2.05) is 19.1 Å². The number of nitrogens with one attached hydrogen (secondary N) is 2. The number of urea groups is 1. The highest BCUT2D eigenvalue weighted by Gasteiger charge is 2.02. The Bertz CT molecular complexity index is 460. The molecule has 0 saturated carbocycles. The van der Waals surface area contributed by atoms with Gasteiger partial charge in [-0.2, -0.15) is 0 Å². The first-order chi connectivity index (χ1) is 10.6. The maximum Gasteiger partial charge on any atom is 0.314 e. The van der Waals surface area contributed by atoms with Crippen LogP contribution in [0.25, 0.3) is 0 Å². The maximum absolute atomic E-state index is 11.5. The lowest BCUT2D eigenvalue weighted by molar-refractivity contribution is 0.145. The number of ether oxygens (including phenoxy) is 2. The van der Waals surface area contributed by atoms with Crippen molar-refractivity contribution < 1.29 is 14.3 Å². The van der Waals surface area contributed by atoms with Crippen molar-refractivity contribution in [2.75, 3.05) is 32.9 Å². The molecular weight excluding hydrogens is 372 g/mol. The highest BCUT2D eigenvalue weighted by atomic mass is 79.9. The van der Waals surface area contributed by atoms with E-state index < -0.39 is 0 Å². The second kappa shape index (κ2) is 11.6. The van der Waals surface area contributed by atoms with Crippen LogP contribution in [0, 0.1) is 0 Å². The molecule has 22 heavy (non-hydrogen) atoms. The number of halogens is 2. The van der Waals surface area contributed by atoms with Crippen LogP contribution in [-0.4, -0.2) is 38.9 Å². The molecule has 7 heteroatoms. The number of carbonyl (C=O) groups excluding carboxylic acids is 1. The van der Waals surface area contributed by atoms with Crippen LogP contribution in [0.3, 0.4) is 0 Å². The van der Waals surface area contributed by atoms with Gasteiger partial charge >= 0.3 is 6.03 Å². The molecule has 2 N–H and O–H groups in total. The van der Waals surface area contributed by atoms with Crippen molar-refractivity contribution in [3.8, 4) is 5.75 Å². The zero-order valence-electron chi connectivity index (χ0n) is 12.7. The third-order valence-electron chi connectivity index (χ3n) is 2.71. The first-order valence-electron chi connectivity index (χ1n) is 7.30. The van der Waals surface area contributed by atoms with Gasteiger partial charge in [0.2, 0.25) is 0 Å². The van der Waals surface area contributed by atoms with Gasteiger partial charge in [0, 0.05) is 30.8 Å². The molecule has 0 spiro atoms. The lowest BCUT2D eigenvalue weighted by atomic mass is 10.3. The maximum atomic E-state index is 11.5. The summed E-state index contributed by atoms with van der Waals surface area (Å²) >= 11 is 9.38. The third kappa shape index (κ3) is 8.46. The normalized spacial score (nSPS) is 10.3. The van der Waals surface area contributed by atoms with E-state index in [-0.39, 0.29) is 6.03 Å². The van der Waals surface area contributed by atoms with Crippen LogP contribution in [0.4, 0.5) is 4.79 Å². The Balaban J connectivity index is 2.04. The first-order valence-corrected chi connectivity index (χ1v) is 8.48. The predicted octanol–water partition coefficient (Wildman–Crippen LogP) is 3.60. The minimum absolute atomic E-state index is 0.168. The summed E-state index contributed by atoms with van der Waals surface area (Å²) in [5.41, 5.74) is 0. The number of amides is 2. The van der Waals surface area contributed by atoms with E-state index in [0.717, 1.165) is 10.9 Å². The number of hydrogen-bond donors (Lipinski definition) is 2. The molecule has 1 rings (SSSR count). The molecule has 0 heterocycles. The highest BCUT2D eigenvalue weighted by molar-refractivity contribution is 9.10. The van der Waals surface area contributed by atoms with Crippen molar-refractivity contribution in [3.63, 3.8) is 0 Å². The van der Waals surface area contributed by atoms with Crippen LogP contribution in [0.1, 0.15) is 19.8 Å². The molecule has 0 aliphatic carbocycles. The zero-order valence-corrected chi connectivity index (χ0v) is 15.0. The van der Waals surface area contributed by atoms with Gasteiger partial charge in [-0.25, -0.2) is 4.79 Å². The Labute approximate surface area is 144 Å². The molecule has 0 fully saturated rings. The van der Waals surface area contributed by atoms with E-state index in [1.165, 1.54) is 0 Å². The number of benzene rings is 1. The molecule has 0 bridgehead atoms. The topological polar surface area (TPSA) is 59.6 Å². The van der Waals surface area contributed by atoms with Gasteiger partial charge in [-0.15, -0.1) is 0 Å². The second-order valence-corrected chi connectivity index (χ2v) is 5.83. The van der Waals surface area contributed by atoms with Crippen LogP contribution >= 0.6 is 27.5 Å². The molecule has 0 aliphatic heterocycles. The number of rotatable bonds is 10. The highest BCUT2D eigenvalue weighted by Crippen LogP contribution is 2.27. The van der Waals surface area contributed by atoms with E-state index in [9.17, 15) is 4.79 Å². The van der Waals surface area contributed by atoms with Crippen LogP contribution in [0.2, 0.25) is 5.02 Å². The van der Waals surface area contributed by atoms with Crippen LogP contribution in [-0.2, 0) is 4.74 Å². The Morgan fingerprint density at radius 2 is 1.91 bits per heavy atom. The molecule has 0 saturated heterocycles. The fraction of sp³-hybridized carbons (Fsp3) is 0.533. The molecule has 0 aromatic heterocycles. The van der Waals surface area contributed by atoms with Crippen molar-refractivity contribution in [1.29, 1.82) is 0 Å². The Kier molecular flexibility index (Phi) is 10.0. The minimum Gasteiger partial charge on any atom is -0.492 e. The minimum atomic E-state index is -0.168. The van der Waals surface area contributed by atoms with Crippen molar-refractivity contribution >= 4 is 33.6 Å². The summed E-state index contributed by atoms with van der Waals surface area (Å²) in [6.45, 7) is 4.96. The summed E-state index contributed by atoms with van der Waals surface area (Å²) in [4.78, 5) is 11.5. The van der Waals surface area contributed by atoms with Crippen LogP contribution in [0.5, 0.6) is 5.75 Å². The Hall–Kier alpha value is -0.980. The molecule has 0 unspecified atom stereocenters. The Morgan fingerprint density at radius 3 is 2.55 bits per heavy atom. The fourth-order valence-electron chi connectivity index (χ4n) is 1.63. The molecular formula is C15H22BrClN2O3. The second-order valence-electron chi connectivity index (χ2n) is 4.51. The first kappa shape index (κ1) is 19.1. The van der Waals surface area contributed by atoms with E-state index in [2.05, 4.69) is 26.6 Å². The van der Waals surface area contributed by atoms with E-state index in [0.29, 0.717) is 50.1 Å². The molecule has 2 amide bonds. The SMILES string of the molecule is CCOCCCNC(=O)NCCCOc1ccc(Br)cc1Cl. The van der Waals surface area contributed by atoms with Crippen molar-refractivity contribution in [2.45, 2.75) is 19.8 Å². The van der Waals surface area contributed by atoms with E-state index in [1.54, 1.807) is 6.07 Å². The van der Waals surface area contributed by atoms with E-state index in [4.69, 9.17) is 21.1 Å². The van der Waals surface area contributed by atoms with Crippen molar-refractivity contribution in [1.82, 2.24) is 10.6 Å². The molecule has 5 nitrogen and oxygen atoms in total. The Morgan fingerprint density at radius 1 is 1.23 bits per heavy atom. The molecule has 0 aliphatic rings. The van der Waals surface area contributed by atoms with E-state index >= 15 is 0 Å². The summed E-state index contributed by atoms with van der Waals surface area (Å²) in [7, 11) is 0. The third-order valence-corrected chi connectivity index (χ3v) is 3.50.